The number of furan rings is 1. The van der Waals surface area contributed by atoms with Gasteiger partial charge in [0, 0.05) is 17.9 Å². The molecule has 0 aromatic carbocycles. The van der Waals surface area contributed by atoms with Crippen LogP contribution in [0.1, 0.15) is 50.2 Å². The fourth-order valence-electron chi connectivity index (χ4n) is 4.71. The molecule has 4 nitrogen and oxygen atoms in total. The van der Waals surface area contributed by atoms with Crippen LogP contribution in [0, 0.1) is 23.7 Å². The van der Waals surface area contributed by atoms with Crippen molar-refractivity contribution in [3.63, 3.8) is 0 Å². The number of ketones is 1. The van der Waals surface area contributed by atoms with E-state index < -0.39 is 0 Å². The van der Waals surface area contributed by atoms with E-state index in [1.807, 2.05) is 6.07 Å². The van der Waals surface area contributed by atoms with Gasteiger partial charge < -0.3 is 9.15 Å². The van der Waals surface area contributed by atoms with Gasteiger partial charge in [0.15, 0.2) is 0 Å². The van der Waals surface area contributed by atoms with Crippen LogP contribution in [0.15, 0.2) is 23.0 Å². The van der Waals surface area contributed by atoms with Crippen LogP contribution in [-0.4, -0.2) is 11.8 Å². The van der Waals surface area contributed by atoms with Crippen LogP contribution >= 0.6 is 0 Å². The van der Waals surface area contributed by atoms with Gasteiger partial charge in [-0.15, -0.1) is 0 Å². The van der Waals surface area contributed by atoms with E-state index >= 15 is 0 Å². The molecule has 112 valence electrons. The highest BCUT2D eigenvalue weighted by atomic mass is 16.5. The van der Waals surface area contributed by atoms with Crippen molar-refractivity contribution in [1.29, 1.82) is 0 Å². The molecule has 1 aliphatic heterocycles. The molecule has 4 heteroatoms. The van der Waals surface area contributed by atoms with Crippen molar-refractivity contribution in [2.75, 3.05) is 0 Å². The smallest absolute Gasteiger partial charge is 0.309 e. The molecule has 2 saturated carbocycles. The van der Waals surface area contributed by atoms with Gasteiger partial charge in [-0.25, -0.2) is 0 Å². The molecule has 2 heterocycles. The SMILES string of the molecule is O=C1CCCC2CC[C@H]3C(=O)O[C@H](c4ccoc4)CC3[C@@H]12. The maximum Gasteiger partial charge on any atom is 0.309 e. The Labute approximate surface area is 123 Å². The van der Waals surface area contributed by atoms with Gasteiger partial charge in [-0.05, 0) is 50.0 Å². The number of carbonyl (C=O) groups is 2. The lowest BCUT2D eigenvalue weighted by molar-refractivity contribution is -0.174. The first-order valence-corrected chi connectivity index (χ1v) is 7.99. The summed E-state index contributed by atoms with van der Waals surface area (Å²) in [5.74, 6) is 0.924. The van der Waals surface area contributed by atoms with Crippen LogP contribution in [0.25, 0.3) is 0 Å². The van der Waals surface area contributed by atoms with Crippen molar-refractivity contribution < 1.29 is 18.7 Å². The maximum absolute atomic E-state index is 12.4. The molecule has 5 atom stereocenters. The van der Waals surface area contributed by atoms with Gasteiger partial charge in [-0.3, -0.25) is 9.59 Å². The van der Waals surface area contributed by atoms with Crippen LogP contribution in [-0.2, 0) is 14.3 Å². The molecular weight excluding hydrogens is 268 g/mol. The lowest BCUT2D eigenvalue weighted by atomic mass is 9.59. The lowest BCUT2D eigenvalue weighted by Gasteiger charge is -2.47. The first kappa shape index (κ1) is 13.1. The number of esters is 1. The van der Waals surface area contributed by atoms with Crippen molar-refractivity contribution in [3.8, 4) is 0 Å². The average molecular weight is 288 g/mol. The molecule has 1 saturated heterocycles. The summed E-state index contributed by atoms with van der Waals surface area (Å²) in [5.41, 5.74) is 0.909. The molecule has 0 radical (unpaired) electrons. The van der Waals surface area contributed by atoms with E-state index in [0.29, 0.717) is 18.1 Å². The van der Waals surface area contributed by atoms with E-state index in [0.717, 1.165) is 37.7 Å². The summed E-state index contributed by atoms with van der Waals surface area (Å²) in [6.07, 6.45) is 8.51. The largest absolute Gasteiger partial charge is 0.472 e. The van der Waals surface area contributed by atoms with Crippen LogP contribution in [0.4, 0.5) is 0 Å². The summed E-state index contributed by atoms with van der Waals surface area (Å²) in [4.78, 5) is 24.8. The van der Waals surface area contributed by atoms with Gasteiger partial charge in [-0.1, -0.05) is 0 Å². The Balaban J connectivity index is 1.63. The van der Waals surface area contributed by atoms with E-state index in [2.05, 4.69) is 0 Å². The maximum atomic E-state index is 12.4. The monoisotopic (exact) mass is 288 g/mol. The summed E-state index contributed by atoms with van der Waals surface area (Å²) in [6, 6.07) is 1.85. The normalized spacial score (nSPS) is 39.3. The van der Waals surface area contributed by atoms with Crippen molar-refractivity contribution in [2.24, 2.45) is 23.7 Å². The van der Waals surface area contributed by atoms with Gasteiger partial charge in [0.25, 0.3) is 0 Å². The molecule has 1 aromatic rings. The highest BCUT2D eigenvalue weighted by Crippen LogP contribution is 2.51. The Kier molecular flexibility index (Phi) is 3.12. The van der Waals surface area contributed by atoms with Crippen molar-refractivity contribution in [3.05, 3.63) is 24.2 Å². The highest BCUT2D eigenvalue weighted by molar-refractivity contribution is 5.84. The topological polar surface area (TPSA) is 56.5 Å². The number of rotatable bonds is 1. The van der Waals surface area contributed by atoms with Gasteiger partial charge in [0.2, 0.25) is 0 Å². The molecule has 4 rings (SSSR count). The third kappa shape index (κ3) is 2.12. The van der Waals surface area contributed by atoms with Crippen molar-refractivity contribution >= 4 is 11.8 Å². The molecule has 0 bridgehead atoms. The second-order valence-electron chi connectivity index (χ2n) is 6.71. The summed E-state index contributed by atoms with van der Waals surface area (Å²) in [7, 11) is 0. The summed E-state index contributed by atoms with van der Waals surface area (Å²) in [6.45, 7) is 0. The van der Waals surface area contributed by atoms with Crippen LogP contribution < -0.4 is 0 Å². The van der Waals surface area contributed by atoms with E-state index in [9.17, 15) is 9.59 Å². The minimum absolute atomic E-state index is 0.0727. The molecule has 0 amide bonds. The van der Waals surface area contributed by atoms with Gasteiger partial charge >= 0.3 is 5.97 Å². The number of Topliss-reactive ketones (excluding diaryl/α,β-unsaturated/α-hetero) is 1. The third-order valence-electron chi connectivity index (χ3n) is 5.67. The minimum Gasteiger partial charge on any atom is -0.472 e. The molecule has 1 aromatic heterocycles. The second kappa shape index (κ2) is 5.00. The van der Waals surface area contributed by atoms with Gasteiger partial charge in [-0.2, -0.15) is 0 Å². The number of hydrogen-bond donors (Lipinski definition) is 0. The molecule has 2 aliphatic carbocycles. The first-order chi connectivity index (χ1) is 10.2. The minimum atomic E-state index is -0.244. The van der Waals surface area contributed by atoms with Gasteiger partial charge in [0.05, 0.1) is 18.4 Å². The highest BCUT2D eigenvalue weighted by Gasteiger charge is 2.51. The van der Waals surface area contributed by atoms with E-state index in [4.69, 9.17) is 9.15 Å². The van der Waals surface area contributed by atoms with Gasteiger partial charge in [0.1, 0.15) is 11.9 Å². The number of cyclic esters (lactones) is 1. The summed E-state index contributed by atoms with van der Waals surface area (Å²) in [5, 5.41) is 0. The molecule has 0 N–H and O–H groups in total. The van der Waals surface area contributed by atoms with Crippen LogP contribution in [0.3, 0.4) is 0 Å². The average Bonchev–Trinajstić information content (AvgIpc) is 3.01. The molecular formula is C17H20O4. The quantitative estimate of drug-likeness (QED) is 0.744. The summed E-state index contributed by atoms with van der Waals surface area (Å²) < 4.78 is 10.7. The number of ether oxygens (including phenoxy) is 1. The Morgan fingerprint density at radius 1 is 1.14 bits per heavy atom. The zero-order chi connectivity index (χ0) is 14.4. The summed E-state index contributed by atoms with van der Waals surface area (Å²) >= 11 is 0. The number of fused-ring (bicyclic) bond motifs is 3. The Morgan fingerprint density at radius 2 is 2.05 bits per heavy atom. The zero-order valence-corrected chi connectivity index (χ0v) is 12.0. The van der Waals surface area contributed by atoms with E-state index in [1.54, 1.807) is 12.5 Å². The molecule has 3 fully saturated rings. The van der Waals surface area contributed by atoms with Crippen LogP contribution in [0.5, 0.6) is 0 Å². The van der Waals surface area contributed by atoms with Crippen molar-refractivity contribution in [2.45, 2.75) is 44.6 Å². The van der Waals surface area contributed by atoms with Crippen molar-refractivity contribution in [1.82, 2.24) is 0 Å². The molecule has 2 unspecified atom stereocenters. The fraction of sp³-hybridized carbons (Fsp3) is 0.647. The Morgan fingerprint density at radius 3 is 2.86 bits per heavy atom. The lowest BCUT2D eigenvalue weighted by Crippen LogP contribution is -2.48. The second-order valence-corrected chi connectivity index (χ2v) is 6.71. The predicted molar refractivity (Wildman–Crippen MR) is 74.2 cm³/mol. The molecule has 0 spiro atoms. The van der Waals surface area contributed by atoms with Crippen LogP contribution in [0.2, 0.25) is 0 Å². The molecule has 21 heavy (non-hydrogen) atoms. The number of carbonyl (C=O) groups excluding carboxylic acids is 2. The number of hydrogen-bond acceptors (Lipinski definition) is 4. The Hall–Kier alpha value is -1.58. The first-order valence-electron chi connectivity index (χ1n) is 7.99. The Bertz CT molecular complexity index is 547. The zero-order valence-electron chi connectivity index (χ0n) is 12.0. The third-order valence-corrected chi connectivity index (χ3v) is 5.67. The van der Waals surface area contributed by atoms with E-state index in [-0.39, 0.29) is 29.8 Å². The van der Waals surface area contributed by atoms with E-state index in [1.165, 1.54) is 0 Å². The standard InChI is InChI=1S/C17H20O4/c18-14-3-1-2-10-4-5-12-13(16(10)14)8-15(21-17(12)19)11-6-7-20-9-11/h6-7,9-10,12-13,15-16H,1-5,8H2/t10?,12-,13?,15+,16+/m1/s1. The fourth-order valence-corrected chi connectivity index (χ4v) is 4.71. The predicted octanol–water partition coefficient (Wildman–Crippen LogP) is 3.28. The molecule has 3 aliphatic rings.